The molecule has 1 aliphatic rings. The van der Waals surface area contributed by atoms with Crippen LogP contribution < -0.4 is 0 Å². The number of hydrogen-bond donors (Lipinski definition) is 0. The molecule has 0 saturated heterocycles. The summed E-state index contributed by atoms with van der Waals surface area (Å²) in [6, 6.07) is 6.37. The highest BCUT2D eigenvalue weighted by atomic mass is 14.7. The van der Waals surface area contributed by atoms with Crippen molar-refractivity contribution < 1.29 is 0 Å². The monoisotopic (exact) mass is 231 g/mol. The first-order chi connectivity index (χ1) is 8.47. The van der Waals surface area contributed by atoms with E-state index in [1.807, 2.05) is 12.3 Å². The van der Waals surface area contributed by atoms with Gasteiger partial charge in [0.1, 0.15) is 0 Å². The van der Waals surface area contributed by atoms with E-state index in [2.05, 4.69) is 17.1 Å². The molecule has 1 heteroatoms. The molecule has 1 fully saturated rings. The maximum atomic E-state index is 4.55. The number of nitrogens with zero attached hydrogens (tertiary/aromatic N) is 1. The third-order valence-corrected chi connectivity index (χ3v) is 3.96. The van der Waals surface area contributed by atoms with Gasteiger partial charge in [-0.1, -0.05) is 57.4 Å². The van der Waals surface area contributed by atoms with Crippen molar-refractivity contribution in [3.63, 3.8) is 0 Å². The predicted molar refractivity (Wildman–Crippen MR) is 73.1 cm³/mol. The highest BCUT2D eigenvalue weighted by Crippen LogP contribution is 2.28. The smallest absolute Gasteiger partial charge is 0.0434 e. The zero-order valence-electron chi connectivity index (χ0n) is 10.9. The van der Waals surface area contributed by atoms with Gasteiger partial charge in [-0.2, -0.15) is 0 Å². The van der Waals surface area contributed by atoms with Crippen molar-refractivity contribution in [2.75, 3.05) is 0 Å². The Morgan fingerprint density at radius 1 is 0.765 bits per heavy atom. The topological polar surface area (TPSA) is 12.9 Å². The molecule has 1 saturated carbocycles. The van der Waals surface area contributed by atoms with Gasteiger partial charge in [0.2, 0.25) is 0 Å². The van der Waals surface area contributed by atoms with E-state index in [4.69, 9.17) is 0 Å². The van der Waals surface area contributed by atoms with Crippen LogP contribution in [-0.4, -0.2) is 4.98 Å². The lowest BCUT2D eigenvalue weighted by Crippen LogP contribution is -2.01. The van der Waals surface area contributed by atoms with E-state index in [-0.39, 0.29) is 0 Å². The summed E-state index contributed by atoms with van der Waals surface area (Å²) >= 11 is 0. The minimum absolute atomic E-state index is 0.717. The average Bonchev–Trinajstić information content (AvgIpc) is 2.45. The molecule has 1 heterocycles. The Morgan fingerprint density at radius 3 is 1.88 bits per heavy atom. The van der Waals surface area contributed by atoms with Gasteiger partial charge in [0.25, 0.3) is 0 Å². The predicted octanol–water partition coefficient (Wildman–Crippen LogP) is 5.08. The molecule has 1 nitrogen and oxygen atoms in total. The second-order valence-electron chi connectivity index (χ2n) is 5.36. The molecule has 0 bridgehead atoms. The Kier molecular flexibility index (Phi) is 5.54. The van der Waals surface area contributed by atoms with E-state index in [0.717, 1.165) is 0 Å². The number of pyridine rings is 1. The molecule has 0 spiro atoms. The summed E-state index contributed by atoms with van der Waals surface area (Å²) in [5.74, 6) is 0.717. The van der Waals surface area contributed by atoms with Crippen molar-refractivity contribution >= 4 is 0 Å². The Bertz CT molecular complexity index is 282. The van der Waals surface area contributed by atoms with Gasteiger partial charge in [0.05, 0.1) is 0 Å². The second kappa shape index (κ2) is 7.47. The molecule has 94 valence electrons. The molecule has 0 atom stereocenters. The molecule has 17 heavy (non-hydrogen) atoms. The lowest BCUT2D eigenvalue weighted by Gasteiger charge is -2.15. The van der Waals surface area contributed by atoms with Crippen LogP contribution in [0.1, 0.15) is 75.8 Å². The largest absolute Gasteiger partial charge is 0.261 e. The molecule has 0 unspecified atom stereocenters. The molecule has 1 aliphatic carbocycles. The molecule has 1 aromatic heterocycles. The number of aromatic nitrogens is 1. The minimum atomic E-state index is 0.717. The summed E-state index contributed by atoms with van der Waals surface area (Å²) in [4.78, 5) is 4.55. The lowest BCUT2D eigenvalue weighted by molar-refractivity contribution is 0.505. The zero-order valence-corrected chi connectivity index (χ0v) is 10.9. The summed E-state index contributed by atoms with van der Waals surface area (Å²) in [5.41, 5.74) is 1.33. The average molecular weight is 231 g/mol. The molecule has 0 N–H and O–H groups in total. The van der Waals surface area contributed by atoms with Crippen molar-refractivity contribution in [3.8, 4) is 0 Å². The Balaban J connectivity index is 1.93. The summed E-state index contributed by atoms with van der Waals surface area (Å²) in [5, 5.41) is 0. The van der Waals surface area contributed by atoms with E-state index in [1.165, 1.54) is 69.9 Å². The van der Waals surface area contributed by atoms with Crippen LogP contribution in [-0.2, 0) is 0 Å². The number of hydrogen-bond acceptors (Lipinski definition) is 1. The highest BCUT2D eigenvalue weighted by molar-refractivity contribution is 5.09. The normalized spacial score (nSPS) is 20.7. The van der Waals surface area contributed by atoms with Crippen LogP contribution >= 0.6 is 0 Å². The summed E-state index contributed by atoms with van der Waals surface area (Å²) in [6.07, 6.45) is 16.0. The molecule has 0 radical (unpaired) electrons. The zero-order chi connectivity index (χ0) is 11.8. The van der Waals surface area contributed by atoms with Gasteiger partial charge in [-0.25, -0.2) is 0 Å². The van der Waals surface area contributed by atoms with Crippen LogP contribution in [0, 0.1) is 0 Å². The molecular weight excluding hydrogens is 206 g/mol. The fraction of sp³-hybridized carbons (Fsp3) is 0.688. The summed E-state index contributed by atoms with van der Waals surface area (Å²) in [7, 11) is 0. The molecule has 2 rings (SSSR count). The SMILES string of the molecule is c1ccc(C2CCCCCCCCCC2)nc1. The Hall–Kier alpha value is -0.850. The van der Waals surface area contributed by atoms with Crippen LogP contribution in [0.2, 0.25) is 0 Å². The lowest BCUT2D eigenvalue weighted by atomic mass is 9.92. The van der Waals surface area contributed by atoms with Gasteiger partial charge in [0.15, 0.2) is 0 Å². The molecule has 0 aromatic carbocycles. The van der Waals surface area contributed by atoms with Crippen LogP contribution in [0.3, 0.4) is 0 Å². The number of rotatable bonds is 1. The van der Waals surface area contributed by atoms with Gasteiger partial charge < -0.3 is 0 Å². The standard InChI is InChI=1S/C16H25N/c1-2-4-6-8-12-15(11-7-5-3-1)16-13-9-10-14-17-16/h9-10,13-15H,1-8,11-12H2. The van der Waals surface area contributed by atoms with Gasteiger partial charge >= 0.3 is 0 Å². The van der Waals surface area contributed by atoms with Crippen LogP contribution in [0.5, 0.6) is 0 Å². The van der Waals surface area contributed by atoms with Gasteiger partial charge in [-0.3, -0.25) is 4.98 Å². The van der Waals surface area contributed by atoms with Crippen molar-refractivity contribution in [2.45, 2.75) is 70.1 Å². The quantitative estimate of drug-likeness (QED) is 0.656. The first kappa shape index (κ1) is 12.6. The van der Waals surface area contributed by atoms with E-state index in [9.17, 15) is 0 Å². The fourth-order valence-corrected chi connectivity index (χ4v) is 2.90. The maximum Gasteiger partial charge on any atom is 0.0434 e. The van der Waals surface area contributed by atoms with E-state index in [0.29, 0.717) is 5.92 Å². The van der Waals surface area contributed by atoms with Crippen molar-refractivity contribution in [2.24, 2.45) is 0 Å². The van der Waals surface area contributed by atoms with E-state index < -0.39 is 0 Å². The van der Waals surface area contributed by atoms with Crippen molar-refractivity contribution in [1.29, 1.82) is 0 Å². The molecule has 0 amide bonds. The first-order valence-corrected chi connectivity index (χ1v) is 7.38. The van der Waals surface area contributed by atoms with Crippen molar-refractivity contribution in [1.82, 2.24) is 4.98 Å². The van der Waals surface area contributed by atoms with E-state index >= 15 is 0 Å². The summed E-state index contributed by atoms with van der Waals surface area (Å²) < 4.78 is 0. The van der Waals surface area contributed by atoms with Gasteiger partial charge in [-0.15, -0.1) is 0 Å². The van der Waals surface area contributed by atoms with Gasteiger partial charge in [-0.05, 0) is 25.0 Å². The maximum absolute atomic E-state index is 4.55. The highest BCUT2D eigenvalue weighted by Gasteiger charge is 2.12. The summed E-state index contributed by atoms with van der Waals surface area (Å²) in [6.45, 7) is 0. The third-order valence-electron chi connectivity index (χ3n) is 3.96. The fourth-order valence-electron chi connectivity index (χ4n) is 2.90. The molecular formula is C16H25N. The second-order valence-corrected chi connectivity index (χ2v) is 5.36. The van der Waals surface area contributed by atoms with Crippen LogP contribution in [0.25, 0.3) is 0 Å². The molecule has 0 aliphatic heterocycles. The van der Waals surface area contributed by atoms with E-state index in [1.54, 1.807) is 0 Å². The third kappa shape index (κ3) is 4.49. The van der Waals surface area contributed by atoms with Gasteiger partial charge in [0, 0.05) is 17.8 Å². The van der Waals surface area contributed by atoms with Crippen LogP contribution in [0.4, 0.5) is 0 Å². The Labute approximate surface area is 106 Å². The molecule has 1 aromatic rings. The van der Waals surface area contributed by atoms with Crippen molar-refractivity contribution in [3.05, 3.63) is 30.1 Å². The van der Waals surface area contributed by atoms with Crippen LogP contribution in [0.15, 0.2) is 24.4 Å². The Morgan fingerprint density at radius 2 is 1.35 bits per heavy atom. The minimum Gasteiger partial charge on any atom is -0.261 e. The first-order valence-electron chi connectivity index (χ1n) is 7.38.